The van der Waals surface area contributed by atoms with Crippen LogP contribution < -0.4 is 14.2 Å². The molecule has 284 valence electrons. The van der Waals surface area contributed by atoms with E-state index in [-0.39, 0.29) is 30.0 Å². The maximum absolute atomic E-state index is 13.4. The van der Waals surface area contributed by atoms with Gasteiger partial charge in [0.25, 0.3) is 0 Å². The van der Waals surface area contributed by atoms with Gasteiger partial charge >= 0.3 is 34.3 Å². The lowest BCUT2D eigenvalue weighted by Gasteiger charge is -2.12. The van der Waals surface area contributed by atoms with Crippen molar-refractivity contribution in [2.75, 3.05) is 34.9 Å². The molecular weight excluding hydrogens is 738 g/mol. The van der Waals surface area contributed by atoms with Crippen LogP contribution in [-0.2, 0) is 31.6 Å². The Labute approximate surface area is 305 Å². The zero-order valence-electron chi connectivity index (χ0n) is 29.2. The van der Waals surface area contributed by atoms with E-state index in [2.05, 4.69) is 4.52 Å². The third-order valence-corrected chi connectivity index (χ3v) is 7.37. The molecule has 0 spiro atoms. The lowest BCUT2D eigenvalue weighted by molar-refractivity contribution is 0.0508. The molecule has 0 amide bonds. The molecule has 1 heterocycles. The van der Waals surface area contributed by atoms with E-state index in [9.17, 15) is 23.7 Å². The van der Waals surface area contributed by atoms with Crippen LogP contribution in [0.25, 0.3) is 5.69 Å². The predicted octanol–water partition coefficient (Wildman–Crippen LogP) is 4.43. The van der Waals surface area contributed by atoms with Crippen molar-refractivity contribution in [3.63, 3.8) is 0 Å². The van der Waals surface area contributed by atoms with E-state index in [1.807, 2.05) is 26.0 Å². The Bertz CT molecular complexity index is 1900. The Morgan fingerprint density at radius 2 is 1.28 bits per heavy atom. The summed E-state index contributed by atoms with van der Waals surface area (Å²) in [5, 5.41) is 0. The fourth-order valence-electron chi connectivity index (χ4n) is 4.30. The van der Waals surface area contributed by atoms with E-state index < -0.39 is 63.8 Å². The van der Waals surface area contributed by atoms with E-state index in [0.29, 0.717) is 23.2 Å². The lowest BCUT2D eigenvalue weighted by atomic mass is 10.1. The number of phosphoric ester groups is 1. The summed E-state index contributed by atoms with van der Waals surface area (Å²) in [6.07, 6.45) is 0.293. The minimum Gasteiger partial charge on any atom is -0.497 e. The molecule has 0 bridgehead atoms. The van der Waals surface area contributed by atoms with E-state index >= 15 is 0 Å². The summed E-state index contributed by atoms with van der Waals surface area (Å²) in [5.41, 5.74) is 0.0244. The topological polar surface area (TPSA) is 230 Å². The number of benzene rings is 3. The molecule has 17 nitrogen and oxygen atoms in total. The molecular formula is C34H38N2O15P2. The van der Waals surface area contributed by atoms with Crippen molar-refractivity contribution in [2.45, 2.75) is 20.1 Å². The fourth-order valence-corrected chi connectivity index (χ4v) is 4.88. The molecule has 3 aromatic carbocycles. The van der Waals surface area contributed by atoms with Crippen LogP contribution in [0.3, 0.4) is 0 Å². The molecule has 0 aliphatic heterocycles. The van der Waals surface area contributed by atoms with Gasteiger partial charge in [-0.1, -0.05) is 24.3 Å². The average molecular weight is 777 g/mol. The number of aldehydes is 1. The monoisotopic (exact) mass is 776 g/mol. The number of hydrogen-bond acceptors (Lipinski definition) is 14. The number of ether oxygens (including phenoxy) is 4. The molecule has 1 aromatic heterocycles. The summed E-state index contributed by atoms with van der Waals surface area (Å²) >= 11 is 0. The van der Waals surface area contributed by atoms with Gasteiger partial charge in [0.1, 0.15) is 11.4 Å². The third-order valence-electron chi connectivity index (χ3n) is 6.54. The molecule has 4 aromatic rings. The number of carbonyl (C=O) groups is 4. The van der Waals surface area contributed by atoms with Crippen LogP contribution >= 0.6 is 16.4 Å². The van der Waals surface area contributed by atoms with Crippen molar-refractivity contribution in [1.82, 2.24) is 9.47 Å². The summed E-state index contributed by atoms with van der Waals surface area (Å²) in [4.78, 5) is 90.8. The number of rotatable bonds is 15. The molecule has 4 rings (SSSR count). The van der Waals surface area contributed by atoms with Crippen LogP contribution in [0.2, 0.25) is 0 Å². The molecule has 0 saturated heterocycles. The first kappa shape index (κ1) is 42.6. The number of aromatic nitrogens is 1. The Kier molecular flexibility index (Phi) is 16.0. The fraction of sp³-hybridized carbons (Fsp3) is 0.235. The summed E-state index contributed by atoms with van der Waals surface area (Å²) in [7, 11) is 0.0896. The van der Waals surface area contributed by atoms with Gasteiger partial charge in [-0.25, -0.2) is 18.9 Å². The number of phosphoric acid groups is 1. The number of carbonyl (C=O) groups excluding carboxylic acids is 4. The van der Waals surface area contributed by atoms with Gasteiger partial charge < -0.3 is 47.9 Å². The number of hydrogen-bond donors (Lipinski definition) is 4. The highest BCUT2D eigenvalue weighted by Crippen LogP contribution is 2.42. The SMILES string of the molecule is CCOC(=O)c1c(OC(=O)c2ccc(COP(O)O)cc2)c(OC(=O)c2ccc(COP(=O)(O)O)cc2)c(C=O)n1-c1ccc(OC)cc1.CN(C)C. The van der Waals surface area contributed by atoms with Crippen molar-refractivity contribution in [1.29, 1.82) is 0 Å². The van der Waals surface area contributed by atoms with Crippen LogP contribution in [0.1, 0.15) is 59.7 Å². The standard InChI is InChI=1S/C31H29NO15P2.C3H9N/c1-3-43-31(36)26-28(47-30(35)22-8-4-19(5-9-22)17-44-48(37)38)27(25(16-33)32(26)23-12-14-24(42-2)15-13-23)46-29(34)21-10-6-20(7-11-21)18-45-49(39,40)41;1-4(2)3/h4-16,37-38H,3,17-18H2,1-2H3,(H2,39,40,41);1-3H3. The minimum atomic E-state index is -4.75. The van der Waals surface area contributed by atoms with Crippen LogP contribution in [0, 0.1) is 0 Å². The van der Waals surface area contributed by atoms with Crippen LogP contribution in [-0.4, -0.2) is 88.1 Å². The van der Waals surface area contributed by atoms with Gasteiger partial charge in [-0.2, -0.15) is 0 Å². The van der Waals surface area contributed by atoms with E-state index in [4.69, 9.17) is 43.0 Å². The Hall–Kier alpha value is -4.80. The summed E-state index contributed by atoms with van der Waals surface area (Å²) in [6, 6.07) is 16.9. The zero-order valence-corrected chi connectivity index (χ0v) is 31.0. The zero-order chi connectivity index (χ0) is 39.3. The van der Waals surface area contributed by atoms with Gasteiger partial charge in [-0.05, 0) is 87.7 Å². The van der Waals surface area contributed by atoms with E-state index in [0.717, 1.165) is 4.57 Å². The molecule has 0 aliphatic carbocycles. The highest BCUT2D eigenvalue weighted by molar-refractivity contribution is 7.46. The Morgan fingerprint density at radius 1 is 0.792 bits per heavy atom. The molecule has 0 fully saturated rings. The second-order valence-corrected chi connectivity index (χ2v) is 13.1. The molecule has 53 heavy (non-hydrogen) atoms. The van der Waals surface area contributed by atoms with Crippen molar-refractivity contribution < 1.29 is 71.3 Å². The second-order valence-electron chi connectivity index (χ2n) is 11.1. The molecule has 4 N–H and O–H groups in total. The van der Waals surface area contributed by atoms with Gasteiger partial charge in [0, 0.05) is 5.69 Å². The summed E-state index contributed by atoms with van der Waals surface area (Å²) in [6.45, 7) is 0.798. The second kappa shape index (κ2) is 19.9. The molecule has 0 saturated carbocycles. The summed E-state index contributed by atoms with van der Waals surface area (Å²) < 4.78 is 43.1. The first-order valence-electron chi connectivity index (χ1n) is 15.4. The quantitative estimate of drug-likeness (QED) is 0.0743. The minimum absolute atomic E-state index is 0.0379. The van der Waals surface area contributed by atoms with Crippen molar-refractivity contribution in [3.05, 3.63) is 106 Å². The molecule has 0 aliphatic rings. The molecule has 0 atom stereocenters. The maximum atomic E-state index is 13.4. The normalized spacial score (nSPS) is 11.1. The van der Waals surface area contributed by atoms with E-state index in [1.54, 1.807) is 0 Å². The predicted molar refractivity (Wildman–Crippen MR) is 189 cm³/mol. The number of esters is 3. The number of nitrogens with zero attached hydrogens (tertiary/aromatic N) is 2. The molecule has 0 unspecified atom stereocenters. The largest absolute Gasteiger partial charge is 0.497 e. The highest BCUT2D eigenvalue weighted by Gasteiger charge is 2.35. The summed E-state index contributed by atoms with van der Waals surface area (Å²) in [5.74, 6) is -3.87. The lowest BCUT2D eigenvalue weighted by Crippen LogP contribution is -2.16. The van der Waals surface area contributed by atoms with Gasteiger partial charge in [0.2, 0.25) is 11.5 Å². The Morgan fingerprint density at radius 3 is 1.72 bits per heavy atom. The van der Waals surface area contributed by atoms with Crippen molar-refractivity contribution in [2.24, 2.45) is 0 Å². The molecule has 0 radical (unpaired) electrons. The number of methoxy groups -OCH3 is 1. The van der Waals surface area contributed by atoms with Crippen LogP contribution in [0.4, 0.5) is 0 Å². The van der Waals surface area contributed by atoms with Crippen molar-refractivity contribution in [3.8, 4) is 22.9 Å². The highest BCUT2D eigenvalue weighted by atomic mass is 31.2. The van der Waals surface area contributed by atoms with Gasteiger partial charge in [0.15, 0.2) is 12.0 Å². The van der Waals surface area contributed by atoms with Gasteiger partial charge in [-0.3, -0.25) is 13.9 Å². The van der Waals surface area contributed by atoms with Crippen LogP contribution in [0.15, 0.2) is 72.8 Å². The first-order chi connectivity index (χ1) is 25.1. The first-order valence-corrected chi connectivity index (χ1v) is 18.1. The van der Waals surface area contributed by atoms with Crippen molar-refractivity contribution >= 4 is 40.6 Å². The average Bonchev–Trinajstić information content (AvgIpc) is 3.41. The van der Waals surface area contributed by atoms with Gasteiger partial charge in [-0.15, -0.1) is 0 Å². The molecule has 19 heteroatoms. The van der Waals surface area contributed by atoms with Gasteiger partial charge in [0.05, 0.1) is 38.1 Å². The maximum Gasteiger partial charge on any atom is 0.469 e. The Balaban J connectivity index is 0.00000180. The smallest absolute Gasteiger partial charge is 0.469 e. The van der Waals surface area contributed by atoms with Crippen LogP contribution in [0.5, 0.6) is 17.2 Å². The third kappa shape index (κ3) is 12.7. The van der Waals surface area contributed by atoms with E-state index in [1.165, 1.54) is 86.8 Å².